The molecule has 2 fully saturated rings. The van der Waals surface area contributed by atoms with Gasteiger partial charge in [-0.3, -0.25) is 15.0 Å². The van der Waals surface area contributed by atoms with Gasteiger partial charge in [0, 0.05) is 10.8 Å². The van der Waals surface area contributed by atoms with Gasteiger partial charge in [-0.05, 0) is 51.0 Å². The number of carbonyl (C=O) groups excluding carboxylic acids is 3. The summed E-state index contributed by atoms with van der Waals surface area (Å²) >= 11 is 1.26. The molecule has 166 valence electrons. The second kappa shape index (κ2) is 7.25. The molecule has 1 aliphatic heterocycles. The molecule has 4 rings (SSSR count). The predicted octanol–water partition coefficient (Wildman–Crippen LogP) is 3.75. The maximum absolute atomic E-state index is 13.1. The van der Waals surface area contributed by atoms with Gasteiger partial charge in [0.05, 0.1) is 10.6 Å². The van der Waals surface area contributed by atoms with Gasteiger partial charge in [0.2, 0.25) is 0 Å². The van der Waals surface area contributed by atoms with Gasteiger partial charge in [-0.1, -0.05) is 27.7 Å². The van der Waals surface area contributed by atoms with E-state index >= 15 is 0 Å². The molecule has 2 aliphatic rings. The first-order chi connectivity index (χ1) is 14.4. The highest BCUT2D eigenvalue weighted by atomic mass is 32.1. The molecule has 4 amide bonds. The number of amides is 4. The predicted molar refractivity (Wildman–Crippen MR) is 119 cm³/mol. The Morgan fingerprint density at radius 3 is 2.45 bits per heavy atom. The summed E-state index contributed by atoms with van der Waals surface area (Å²) in [6.45, 7) is 12.0. The van der Waals surface area contributed by atoms with Gasteiger partial charge in [-0.2, -0.15) is 5.01 Å². The molecule has 0 unspecified atom stereocenters. The quantitative estimate of drug-likeness (QED) is 0.688. The highest BCUT2D eigenvalue weighted by Crippen LogP contribution is 2.36. The second-order valence-electron chi connectivity index (χ2n) is 9.90. The van der Waals surface area contributed by atoms with E-state index in [1.54, 1.807) is 0 Å². The lowest BCUT2D eigenvalue weighted by molar-refractivity contribution is -0.134. The van der Waals surface area contributed by atoms with Crippen LogP contribution in [-0.4, -0.2) is 38.4 Å². The van der Waals surface area contributed by atoms with Crippen LogP contribution in [0.25, 0.3) is 10.2 Å². The van der Waals surface area contributed by atoms with Gasteiger partial charge in [-0.25, -0.2) is 14.8 Å². The van der Waals surface area contributed by atoms with E-state index in [1.165, 1.54) is 11.3 Å². The van der Waals surface area contributed by atoms with Gasteiger partial charge in [0.15, 0.2) is 0 Å². The Hall–Kier alpha value is -2.55. The summed E-state index contributed by atoms with van der Waals surface area (Å²) in [5, 5.41) is 4.52. The highest BCUT2D eigenvalue weighted by molar-refractivity contribution is 7.20. The summed E-state index contributed by atoms with van der Waals surface area (Å²) in [4.78, 5) is 49.1. The van der Waals surface area contributed by atoms with E-state index < -0.39 is 17.5 Å². The number of aromatic nitrogens is 2. The van der Waals surface area contributed by atoms with Crippen molar-refractivity contribution in [2.45, 2.75) is 78.2 Å². The second-order valence-corrected chi connectivity index (χ2v) is 10.9. The fourth-order valence-electron chi connectivity index (χ4n) is 4.36. The lowest BCUT2D eigenvalue weighted by Gasteiger charge is -2.33. The third kappa shape index (κ3) is 3.58. The van der Waals surface area contributed by atoms with E-state index in [2.05, 4.69) is 27.6 Å². The Balaban J connectivity index is 1.62. The minimum absolute atomic E-state index is 0.217. The number of rotatable bonds is 2. The molecule has 0 aromatic carbocycles. The van der Waals surface area contributed by atoms with Crippen LogP contribution in [0.15, 0.2) is 0 Å². The Morgan fingerprint density at radius 1 is 1.19 bits per heavy atom. The molecule has 1 saturated carbocycles. The number of thiophene rings is 1. The number of aryl methyl sites for hydroxylation is 2. The molecular weight excluding hydrogens is 414 g/mol. The van der Waals surface area contributed by atoms with Gasteiger partial charge in [0.25, 0.3) is 11.8 Å². The topological polar surface area (TPSA) is 104 Å². The van der Waals surface area contributed by atoms with Gasteiger partial charge in [-0.15, -0.1) is 11.3 Å². The van der Waals surface area contributed by atoms with Gasteiger partial charge < -0.3 is 5.32 Å². The normalized spacial score (nSPS) is 24.2. The smallest absolute Gasteiger partial charge is 0.322 e. The first kappa shape index (κ1) is 21.7. The maximum Gasteiger partial charge on any atom is 0.344 e. The van der Waals surface area contributed by atoms with Crippen molar-refractivity contribution >= 4 is 39.4 Å². The molecule has 1 spiro atoms. The van der Waals surface area contributed by atoms with Crippen LogP contribution in [0.2, 0.25) is 0 Å². The van der Waals surface area contributed by atoms with Crippen molar-refractivity contribution < 1.29 is 14.4 Å². The number of nitrogens with zero attached hydrogens (tertiary/aromatic N) is 3. The molecule has 0 atom stereocenters. The molecule has 1 saturated heterocycles. The van der Waals surface area contributed by atoms with Crippen molar-refractivity contribution in [3.8, 4) is 0 Å². The highest BCUT2D eigenvalue weighted by Gasteiger charge is 2.53. The van der Waals surface area contributed by atoms with E-state index in [4.69, 9.17) is 0 Å². The maximum atomic E-state index is 13.1. The van der Waals surface area contributed by atoms with Crippen LogP contribution < -0.4 is 10.7 Å². The van der Waals surface area contributed by atoms with Crippen molar-refractivity contribution in [3.63, 3.8) is 0 Å². The molecule has 0 bridgehead atoms. The van der Waals surface area contributed by atoms with E-state index in [-0.39, 0.29) is 11.3 Å². The standard InChI is InChI=1S/C22H29N5O3S/c1-11-7-9-22(10-8-11)19(29)27(20(30)25-22)26-16(28)15-12(2)14-13(3)23-18(21(4,5)6)24-17(14)31-15/h11H,7-10H2,1-6H3,(H,25,30)(H,26,28). The average Bonchev–Trinajstić information content (AvgIpc) is 3.13. The zero-order valence-corrected chi connectivity index (χ0v) is 19.7. The number of hydrogen-bond acceptors (Lipinski definition) is 6. The zero-order valence-electron chi connectivity index (χ0n) is 18.9. The van der Waals surface area contributed by atoms with Gasteiger partial charge >= 0.3 is 6.03 Å². The minimum atomic E-state index is -0.893. The van der Waals surface area contributed by atoms with Crippen molar-refractivity contribution in [1.82, 2.24) is 25.7 Å². The summed E-state index contributed by atoms with van der Waals surface area (Å²) in [6.07, 6.45) is 2.93. The van der Waals surface area contributed by atoms with Crippen LogP contribution in [0, 0.1) is 19.8 Å². The Kier molecular flexibility index (Phi) is 5.07. The fourth-order valence-corrected chi connectivity index (χ4v) is 5.48. The monoisotopic (exact) mass is 443 g/mol. The summed E-state index contributed by atoms with van der Waals surface area (Å²) < 4.78 is 0. The van der Waals surface area contributed by atoms with E-state index in [1.807, 2.05) is 34.6 Å². The van der Waals surface area contributed by atoms with Crippen molar-refractivity contribution in [2.24, 2.45) is 5.92 Å². The lowest BCUT2D eigenvalue weighted by atomic mass is 9.77. The molecule has 1 aliphatic carbocycles. The Labute approximate surface area is 185 Å². The van der Waals surface area contributed by atoms with Crippen LogP contribution >= 0.6 is 11.3 Å². The zero-order chi connectivity index (χ0) is 22.7. The van der Waals surface area contributed by atoms with Crippen LogP contribution in [0.5, 0.6) is 0 Å². The molecule has 0 radical (unpaired) electrons. The summed E-state index contributed by atoms with van der Waals surface area (Å²) in [5.41, 5.74) is 2.99. The summed E-state index contributed by atoms with van der Waals surface area (Å²) in [7, 11) is 0. The molecule has 31 heavy (non-hydrogen) atoms. The molecular formula is C22H29N5O3S. The lowest BCUT2D eigenvalue weighted by Crippen LogP contribution is -2.51. The average molecular weight is 444 g/mol. The van der Waals surface area contributed by atoms with Crippen molar-refractivity contribution in [3.05, 3.63) is 22.0 Å². The molecule has 9 heteroatoms. The van der Waals surface area contributed by atoms with E-state index in [9.17, 15) is 14.4 Å². The van der Waals surface area contributed by atoms with E-state index in [0.29, 0.717) is 29.5 Å². The SMILES string of the molecule is Cc1nc(C(C)(C)C)nc2sc(C(=O)NN3C(=O)NC4(CCC(C)CC4)C3=O)c(C)c12. The Morgan fingerprint density at radius 2 is 1.84 bits per heavy atom. The molecule has 3 heterocycles. The fraction of sp³-hybridized carbons (Fsp3) is 0.591. The van der Waals surface area contributed by atoms with Crippen molar-refractivity contribution in [2.75, 3.05) is 0 Å². The number of hydrazine groups is 1. The van der Waals surface area contributed by atoms with Gasteiger partial charge in [0.1, 0.15) is 16.2 Å². The van der Waals surface area contributed by atoms with Crippen LogP contribution in [0.1, 0.15) is 80.1 Å². The number of hydrogen-bond donors (Lipinski definition) is 2. The Bertz CT molecular complexity index is 1090. The number of urea groups is 1. The molecule has 2 N–H and O–H groups in total. The number of imide groups is 1. The summed E-state index contributed by atoms with van der Waals surface area (Å²) in [5.74, 6) is 0.389. The third-order valence-corrected chi connectivity index (χ3v) is 7.54. The molecule has 2 aromatic rings. The summed E-state index contributed by atoms with van der Waals surface area (Å²) in [6, 6.07) is -0.572. The minimum Gasteiger partial charge on any atom is -0.322 e. The van der Waals surface area contributed by atoms with Crippen LogP contribution in [-0.2, 0) is 10.2 Å². The number of carbonyl (C=O) groups is 3. The van der Waals surface area contributed by atoms with E-state index in [0.717, 1.165) is 39.3 Å². The largest absolute Gasteiger partial charge is 0.344 e. The third-order valence-electron chi connectivity index (χ3n) is 6.35. The van der Waals surface area contributed by atoms with Crippen LogP contribution in [0.4, 0.5) is 4.79 Å². The first-order valence-electron chi connectivity index (χ1n) is 10.7. The number of nitrogens with one attached hydrogen (secondary N) is 2. The first-order valence-corrected chi connectivity index (χ1v) is 11.5. The molecule has 8 nitrogen and oxygen atoms in total. The van der Waals surface area contributed by atoms with Crippen molar-refractivity contribution in [1.29, 1.82) is 0 Å². The van der Waals surface area contributed by atoms with Crippen LogP contribution in [0.3, 0.4) is 0 Å². The number of fused-ring (bicyclic) bond motifs is 1. The molecule has 2 aromatic heterocycles.